The summed E-state index contributed by atoms with van der Waals surface area (Å²) < 4.78 is 16.2. The van der Waals surface area contributed by atoms with Crippen molar-refractivity contribution < 1.29 is 14.3 Å². The molecule has 1 aliphatic heterocycles. The van der Waals surface area contributed by atoms with E-state index in [1.165, 1.54) is 10.7 Å². The molecule has 118 valence electrons. The Bertz CT molecular complexity index is 679. The van der Waals surface area contributed by atoms with E-state index in [-0.39, 0.29) is 23.6 Å². The van der Waals surface area contributed by atoms with Crippen molar-refractivity contribution in [1.82, 2.24) is 14.9 Å². The molecule has 3 heterocycles. The molecule has 0 saturated carbocycles. The maximum atomic E-state index is 14.8. The average molecular weight is 306 g/mol. The summed E-state index contributed by atoms with van der Waals surface area (Å²) >= 11 is 0. The molecule has 0 aliphatic carbocycles. The smallest absolute Gasteiger partial charge is 0.255 e. The Labute approximate surface area is 127 Å². The summed E-state index contributed by atoms with van der Waals surface area (Å²) in [6, 6.07) is 1.70. The number of anilines is 1. The molecule has 3 rings (SSSR count). The van der Waals surface area contributed by atoms with Crippen LogP contribution < -0.4 is 10.2 Å². The van der Waals surface area contributed by atoms with Crippen molar-refractivity contribution in [3.8, 4) is 0 Å². The van der Waals surface area contributed by atoms with Crippen molar-refractivity contribution >= 4 is 17.1 Å². The molecule has 2 N–H and O–H groups in total. The topological polar surface area (TPSA) is 69.9 Å². The van der Waals surface area contributed by atoms with Gasteiger partial charge in [-0.2, -0.15) is 5.10 Å². The van der Waals surface area contributed by atoms with Crippen LogP contribution in [0.5, 0.6) is 0 Å². The van der Waals surface area contributed by atoms with E-state index in [1.54, 1.807) is 12.3 Å². The zero-order chi connectivity index (χ0) is 15.5. The number of nitrogens with one attached hydrogen (secondary N) is 1. The molecule has 0 aromatic carbocycles. The van der Waals surface area contributed by atoms with Crippen LogP contribution in [-0.2, 0) is 0 Å². The van der Waals surface area contributed by atoms with E-state index in [1.807, 2.05) is 4.90 Å². The van der Waals surface area contributed by atoms with Gasteiger partial charge in [0, 0.05) is 32.4 Å². The van der Waals surface area contributed by atoms with Crippen LogP contribution in [0.3, 0.4) is 0 Å². The molecule has 0 unspecified atom stereocenters. The van der Waals surface area contributed by atoms with Gasteiger partial charge in [-0.05, 0) is 25.3 Å². The van der Waals surface area contributed by atoms with Gasteiger partial charge >= 0.3 is 0 Å². The van der Waals surface area contributed by atoms with E-state index >= 15 is 0 Å². The second-order valence-corrected chi connectivity index (χ2v) is 5.39. The molecule has 1 amide bonds. The number of aliphatic hydroxyl groups is 1. The van der Waals surface area contributed by atoms with Crippen LogP contribution in [0, 0.1) is 5.82 Å². The Kier molecular flexibility index (Phi) is 4.24. The standard InChI is InChI=1S/C15H19FN4O2/c16-13-12(19-6-1-2-7-19)4-8-20-14(13)11(10-18-20)15(22)17-5-3-9-21/h4,8,10,21H,1-3,5-7,9H2,(H,17,22). The summed E-state index contributed by atoms with van der Waals surface area (Å²) in [7, 11) is 0. The molecule has 1 aliphatic rings. The first-order valence-electron chi connectivity index (χ1n) is 7.52. The predicted octanol–water partition coefficient (Wildman–Crippen LogP) is 1.19. The van der Waals surface area contributed by atoms with Crippen molar-refractivity contribution in [2.24, 2.45) is 0 Å². The van der Waals surface area contributed by atoms with Gasteiger partial charge in [0.25, 0.3) is 5.91 Å². The lowest BCUT2D eigenvalue weighted by Crippen LogP contribution is -2.25. The molecule has 0 bridgehead atoms. The highest BCUT2D eigenvalue weighted by molar-refractivity contribution is 6.01. The van der Waals surface area contributed by atoms with Crippen LogP contribution in [-0.4, -0.2) is 46.9 Å². The SMILES string of the molecule is O=C(NCCCO)c1cnn2ccc(N3CCCC3)c(F)c12. The summed E-state index contributed by atoms with van der Waals surface area (Å²) in [5.74, 6) is -0.782. The number of hydrogen-bond acceptors (Lipinski definition) is 4. The Morgan fingerprint density at radius 1 is 1.41 bits per heavy atom. The number of fused-ring (bicyclic) bond motifs is 1. The minimum atomic E-state index is -0.408. The van der Waals surface area contributed by atoms with Crippen LogP contribution in [0.15, 0.2) is 18.5 Å². The molecule has 1 fully saturated rings. The number of aromatic nitrogens is 2. The van der Waals surface area contributed by atoms with E-state index in [2.05, 4.69) is 10.4 Å². The van der Waals surface area contributed by atoms with Crippen molar-refractivity contribution in [3.63, 3.8) is 0 Å². The highest BCUT2D eigenvalue weighted by Gasteiger charge is 2.22. The Balaban J connectivity index is 1.94. The molecule has 0 spiro atoms. The third-order valence-corrected chi connectivity index (χ3v) is 3.91. The molecule has 2 aromatic heterocycles. The summed E-state index contributed by atoms with van der Waals surface area (Å²) in [6.07, 6.45) is 5.63. The van der Waals surface area contributed by atoms with Crippen molar-refractivity contribution in [2.75, 3.05) is 31.1 Å². The molecule has 7 heteroatoms. The van der Waals surface area contributed by atoms with Gasteiger partial charge in [0.05, 0.1) is 17.4 Å². The number of pyridine rings is 1. The van der Waals surface area contributed by atoms with Crippen molar-refractivity contribution in [1.29, 1.82) is 0 Å². The fraction of sp³-hybridized carbons (Fsp3) is 0.467. The van der Waals surface area contributed by atoms with Gasteiger partial charge in [0.15, 0.2) is 5.82 Å². The number of hydrogen-bond donors (Lipinski definition) is 2. The second kappa shape index (κ2) is 6.31. The molecule has 1 saturated heterocycles. The number of aliphatic hydroxyl groups excluding tert-OH is 1. The minimum Gasteiger partial charge on any atom is -0.396 e. The first kappa shape index (κ1) is 14.8. The predicted molar refractivity (Wildman–Crippen MR) is 80.6 cm³/mol. The number of carbonyl (C=O) groups is 1. The van der Waals surface area contributed by atoms with Gasteiger partial charge in [-0.3, -0.25) is 4.79 Å². The van der Waals surface area contributed by atoms with E-state index in [0.29, 0.717) is 18.7 Å². The molecular formula is C15H19FN4O2. The van der Waals surface area contributed by atoms with Gasteiger partial charge in [-0.25, -0.2) is 8.91 Å². The van der Waals surface area contributed by atoms with Crippen LogP contribution in [0.25, 0.3) is 5.52 Å². The van der Waals surface area contributed by atoms with E-state index in [9.17, 15) is 9.18 Å². The van der Waals surface area contributed by atoms with Crippen molar-refractivity contribution in [2.45, 2.75) is 19.3 Å². The first-order chi connectivity index (χ1) is 10.7. The summed E-state index contributed by atoms with van der Waals surface area (Å²) in [6.45, 7) is 2.02. The molecule has 22 heavy (non-hydrogen) atoms. The lowest BCUT2D eigenvalue weighted by atomic mass is 10.2. The van der Waals surface area contributed by atoms with Crippen LogP contribution in [0.4, 0.5) is 10.1 Å². The van der Waals surface area contributed by atoms with E-state index in [0.717, 1.165) is 25.9 Å². The lowest BCUT2D eigenvalue weighted by molar-refractivity contribution is 0.0952. The summed E-state index contributed by atoms with van der Waals surface area (Å²) in [4.78, 5) is 14.1. The van der Waals surface area contributed by atoms with Gasteiger partial charge in [0.1, 0.15) is 5.52 Å². The normalized spacial score (nSPS) is 14.7. The van der Waals surface area contributed by atoms with Crippen molar-refractivity contribution in [3.05, 3.63) is 29.8 Å². The Morgan fingerprint density at radius 2 is 2.18 bits per heavy atom. The highest BCUT2D eigenvalue weighted by Crippen LogP contribution is 2.27. The zero-order valence-electron chi connectivity index (χ0n) is 12.3. The maximum Gasteiger partial charge on any atom is 0.255 e. The third-order valence-electron chi connectivity index (χ3n) is 3.91. The first-order valence-corrected chi connectivity index (χ1v) is 7.52. The Morgan fingerprint density at radius 3 is 2.91 bits per heavy atom. The number of amides is 1. The fourth-order valence-corrected chi connectivity index (χ4v) is 2.77. The second-order valence-electron chi connectivity index (χ2n) is 5.39. The van der Waals surface area contributed by atoms with Crippen LogP contribution in [0.2, 0.25) is 0 Å². The van der Waals surface area contributed by atoms with Gasteiger partial charge < -0.3 is 15.3 Å². The minimum absolute atomic E-state index is 0.00249. The quantitative estimate of drug-likeness (QED) is 0.814. The van der Waals surface area contributed by atoms with Gasteiger partial charge in [-0.1, -0.05) is 0 Å². The average Bonchev–Trinajstić information content (AvgIpc) is 3.17. The number of halogens is 1. The highest BCUT2D eigenvalue weighted by atomic mass is 19.1. The molecule has 2 aromatic rings. The fourth-order valence-electron chi connectivity index (χ4n) is 2.77. The number of rotatable bonds is 5. The van der Waals surface area contributed by atoms with E-state index in [4.69, 9.17) is 5.11 Å². The van der Waals surface area contributed by atoms with Crippen LogP contribution in [0.1, 0.15) is 29.6 Å². The molecule has 0 radical (unpaired) electrons. The number of carbonyl (C=O) groups excluding carboxylic acids is 1. The van der Waals surface area contributed by atoms with Gasteiger partial charge in [-0.15, -0.1) is 0 Å². The van der Waals surface area contributed by atoms with E-state index < -0.39 is 5.82 Å². The summed E-state index contributed by atoms with van der Waals surface area (Å²) in [5.41, 5.74) is 0.942. The third kappa shape index (κ3) is 2.64. The van der Waals surface area contributed by atoms with Gasteiger partial charge in [0.2, 0.25) is 0 Å². The number of nitrogens with zero attached hydrogens (tertiary/aromatic N) is 3. The molecule has 0 atom stereocenters. The zero-order valence-corrected chi connectivity index (χ0v) is 12.3. The largest absolute Gasteiger partial charge is 0.396 e. The maximum absolute atomic E-state index is 14.8. The lowest BCUT2D eigenvalue weighted by Gasteiger charge is -2.18. The monoisotopic (exact) mass is 306 g/mol. The molecular weight excluding hydrogens is 287 g/mol. The van der Waals surface area contributed by atoms with Crippen LogP contribution >= 0.6 is 0 Å². The summed E-state index contributed by atoms with van der Waals surface area (Å²) in [5, 5.41) is 15.5. The molecule has 6 nitrogen and oxygen atoms in total. The Hall–Kier alpha value is -2.15.